The fraction of sp³-hybridized carbons (Fsp3) is 0.182. The monoisotopic (exact) mass is 248 g/mol. The molecule has 2 heterocycles. The third-order valence-corrected chi connectivity index (χ3v) is 3.36. The molecule has 2 rings (SSSR count). The molecule has 0 atom stereocenters. The highest BCUT2D eigenvalue weighted by molar-refractivity contribution is 7.17. The van der Waals surface area contributed by atoms with Crippen LogP contribution in [0.2, 0.25) is 0 Å². The minimum Gasteiger partial charge on any atom is -0.411 e. The van der Waals surface area contributed by atoms with Crippen molar-refractivity contribution in [3.05, 3.63) is 35.0 Å². The second kappa shape index (κ2) is 4.92. The predicted molar refractivity (Wildman–Crippen MR) is 68.4 cm³/mol. The third kappa shape index (κ3) is 2.59. The zero-order chi connectivity index (χ0) is 12.3. The predicted octanol–water partition coefficient (Wildman–Crippen LogP) is 2.79. The first-order chi connectivity index (χ1) is 8.20. The van der Waals surface area contributed by atoms with Crippen LogP contribution in [0.25, 0.3) is 0 Å². The van der Waals surface area contributed by atoms with Gasteiger partial charge in [0.05, 0.1) is 16.3 Å². The molecule has 0 saturated carbocycles. The average Bonchev–Trinajstić information content (AvgIpc) is 2.70. The van der Waals surface area contributed by atoms with Gasteiger partial charge < -0.3 is 10.5 Å². The minimum absolute atomic E-state index is 0.564. The van der Waals surface area contributed by atoms with E-state index in [4.69, 9.17) is 5.21 Å². The van der Waals surface area contributed by atoms with Crippen molar-refractivity contribution in [1.82, 2.24) is 9.97 Å². The average molecular weight is 248 g/mol. The fourth-order valence-corrected chi connectivity index (χ4v) is 2.29. The van der Waals surface area contributed by atoms with E-state index < -0.39 is 0 Å². The molecule has 0 saturated heterocycles. The summed E-state index contributed by atoms with van der Waals surface area (Å²) in [4.78, 5) is 9.37. The normalized spacial score (nSPS) is 11.5. The van der Waals surface area contributed by atoms with E-state index in [1.165, 1.54) is 11.3 Å². The van der Waals surface area contributed by atoms with Gasteiger partial charge in [0.2, 0.25) is 0 Å². The van der Waals surface area contributed by atoms with Gasteiger partial charge in [-0.3, -0.25) is 0 Å². The lowest BCUT2D eigenvalue weighted by molar-refractivity contribution is 0.319. The van der Waals surface area contributed by atoms with Crippen LogP contribution in [-0.4, -0.2) is 20.9 Å². The van der Waals surface area contributed by atoms with Gasteiger partial charge >= 0.3 is 0 Å². The standard InChI is InChI=1S/C11H12N4OS/c1-7-10(8(2)15-16)17-11(13-7)14-9-5-3-4-6-12-9/h3-6,16H,1-2H3,(H,12,13,14)/b15-8+. The van der Waals surface area contributed by atoms with Crippen molar-refractivity contribution in [3.8, 4) is 0 Å². The SMILES string of the molecule is C/C(=N\O)c1sc(Nc2ccccn2)nc1C. The van der Waals surface area contributed by atoms with Crippen molar-refractivity contribution >= 4 is 28.0 Å². The van der Waals surface area contributed by atoms with Gasteiger partial charge in [0, 0.05) is 6.20 Å². The molecule has 0 aliphatic rings. The Hall–Kier alpha value is -1.95. The number of nitrogens with zero attached hydrogens (tertiary/aromatic N) is 3. The summed E-state index contributed by atoms with van der Waals surface area (Å²) < 4.78 is 0. The molecule has 0 aromatic carbocycles. The van der Waals surface area contributed by atoms with Crippen LogP contribution >= 0.6 is 11.3 Å². The highest BCUT2D eigenvalue weighted by Crippen LogP contribution is 2.25. The van der Waals surface area contributed by atoms with Crippen LogP contribution in [0, 0.1) is 6.92 Å². The number of rotatable bonds is 3. The Morgan fingerprint density at radius 1 is 1.47 bits per heavy atom. The van der Waals surface area contributed by atoms with Crippen molar-refractivity contribution in [2.45, 2.75) is 13.8 Å². The Bertz CT molecular complexity index is 536. The van der Waals surface area contributed by atoms with E-state index >= 15 is 0 Å². The molecule has 0 amide bonds. The lowest BCUT2D eigenvalue weighted by atomic mass is 10.3. The van der Waals surface area contributed by atoms with Crippen LogP contribution in [0.4, 0.5) is 10.9 Å². The lowest BCUT2D eigenvalue weighted by Gasteiger charge is -1.98. The van der Waals surface area contributed by atoms with E-state index in [1.807, 2.05) is 25.1 Å². The molecule has 5 nitrogen and oxygen atoms in total. The van der Waals surface area contributed by atoms with Crippen molar-refractivity contribution in [2.75, 3.05) is 5.32 Å². The van der Waals surface area contributed by atoms with Crippen molar-refractivity contribution in [1.29, 1.82) is 0 Å². The van der Waals surface area contributed by atoms with Crippen LogP contribution < -0.4 is 5.32 Å². The zero-order valence-electron chi connectivity index (χ0n) is 9.51. The first-order valence-electron chi connectivity index (χ1n) is 5.05. The highest BCUT2D eigenvalue weighted by atomic mass is 32.1. The Labute approximate surface area is 103 Å². The Kier molecular flexibility index (Phi) is 3.34. The highest BCUT2D eigenvalue weighted by Gasteiger charge is 2.10. The van der Waals surface area contributed by atoms with E-state index in [0.717, 1.165) is 21.5 Å². The van der Waals surface area contributed by atoms with E-state index in [2.05, 4.69) is 20.4 Å². The molecule has 2 aromatic rings. The molecule has 0 spiro atoms. The topological polar surface area (TPSA) is 70.4 Å². The molecule has 2 N–H and O–H groups in total. The van der Waals surface area contributed by atoms with Gasteiger partial charge in [-0.1, -0.05) is 22.6 Å². The van der Waals surface area contributed by atoms with E-state index in [-0.39, 0.29) is 0 Å². The Morgan fingerprint density at radius 2 is 2.29 bits per heavy atom. The number of hydrogen-bond donors (Lipinski definition) is 2. The number of aryl methyl sites for hydroxylation is 1. The van der Waals surface area contributed by atoms with Crippen LogP contribution in [0.5, 0.6) is 0 Å². The first kappa shape index (κ1) is 11.5. The molecule has 88 valence electrons. The number of nitrogens with one attached hydrogen (secondary N) is 1. The number of oxime groups is 1. The zero-order valence-corrected chi connectivity index (χ0v) is 10.3. The van der Waals surface area contributed by atoms with Gasteiger partial charge in [-0.05, 0) is 26.0 Å². The second-order valence-electron chi connectivity index (χ2n) is 3.46. The Balaban J connectivity index is 2.24. The summed E-state index contributed by atoms with van der Waals surface area (Å²) in [6, 6.07) is 5.62. The summed E-state index contributed by atoms with van der Waals surface area (Å²) in [6.07, 6.45) is 1.71. The summed E-state index contributed by atoms with van der Waals surface area (Å²) in [5.74, 6) is 0.742. The smallest absolute Gasteiger partial charge is 0.189 e. The number of anilines is 2. The Morgan fingerprint density at radius 3 is 2.94 bits per heavy atom. The molecular formula is C11H12N4OS. The molecule has 0 radical (unpaired) electrons. The summed E-state index contributed by atoms with van der Waals surface area (Å²) in [7, 11) is 0. The summed E-state index contributed by atoms with van der Waals surface area (Å²) in [5, 5.41) is 15.8. The molecule has 6 heteroatoms. The molecule has 0 fully saturated rings. The van der Waals surface area contributed by atoms with Gasteiger partial charge in [0.25, 0.3) is 0 Å². The van der Waals surface area contributed by atoms with Gasteiger partial charge in [-0.25, -0.2) is 9.97 Å². The molecule has 2 aromatic heterocycles. The van der Waals surface area contributed by atoms with Crippen molar-refractivity contribution in [3.63, 3.8) is 0 Å². The van der Waals surface area contributed by atoms with Crippen molar-refractivity contribution in [2.24, 2.45) is 5.16 Å². The second-order valence-corrected chi connectivity index (χ2v) is 4.46. The first-order valence-corrected chi connectivity index (χ1v) is 5.87. The van der Waals surface area contributed by atoms with Crippen LogP contribution in [-0.2, 0) is 0 Å². The molecular weight excluding hydrogens is 236 g/mol. The van der Waals surface area contributed by atoms with Crippen molar-refractivity contribution < 1.29 is 5.21 Å². The van der Waals surface area contributed by atoms with Gasteiger partial charge in [0.1, 0.15) is 5.82 Å². The number of aromatic nitrogens is 2. The largest absolute Gasteiger partial charge is 0.411 e. The quantitative estimate of drug-likeness (QED) is 0.498. The van der Waals surface area contributed by atoms with Crippen LogP contribution in [0.15, 0.2) is 29.6 Å². The van der Waals surface area contributed by atoms with E-state index in [0.29, 0.717) is 5.71 Å². The van der Waals surface area contributed by atoms with Crippen LogP contribution in [0.1, 0.15) is 17.5 Å². The maximum Gasteiger partial charge on any atom is 0.189 e. The molecule has 0 aliphatic heterocycles. The van der Waals surface area contributed by atoms with E-state index in [9.17, 15) is 0 Å². The number of thiazole rings is 1. The van der Waals surface area contributed by atoms with Gasteiger partial charge in [0.15, 0.2) is 5.13 Å². The maximum absolute atomic E-state index is 8.75. The summed E-state index contributed by atoms with van der Waals surface area (Å²) in [6.45, 7) is 3.62. The minimum atomic E-state index is 0.564. The summed E-state index contributed by atoms with van der Waals surface area (Å²) >= 11 is 1.43. The fourth-order valence-electron chi connectivity index (χ4n) is 1.38. The summed E-state index contributed by atoms with van der Waals surface area (Å²) in [5.41, 5.74) is 1.40. The number of hydrogen-bond acceptors (Lipinski definition) is 6. The van der Waals surface area contributed by atoms with Crippen LogP contribution in [0.3, 0.4) is 0 Å². The molecule has 0 aliphatic carbocycles. The molecule has 0 unspecified atom stereocenters. The third-order valence-electron chi connectivity index (χ3n) is 2.18. The number of pyridine rings is 1. The lowest BCUT2D eigenvalue weighted by Crippen LogP contribution is -1.92. The maximum atomic E-state index is 8.75. The van der Waals surface area contributed by atoms with E-state index in [1.54, 1.807) is 13.1 Å². The molecule has 17 heavy (non-hydrogen) atoms. The molecule has 0 bridgehead atoms. The van der Waals surface area contributed by atoms with Gasteiger partial charge in [-0.2, -0.15) is 0 Å². The van der Waals surface area contributed by atoms with Gasteiger partial charge in [-0.15, -0.1) is 0 Å².